The van der Waals surface area contributed by atoms with Gasteiger partial charge in [-0.1, -0.05) is 17.7 Å². The van der Waals surface area contributed by atoms with Gasteiger partial charge >= 0.3 is 0 Å². The van der Waals surface area contributed by atoms with E-state index in [1.807, 2.05) is 6.07 Å². The number of aromatic nitrogens is 2. The highest BCUT2D eigenvalue weighted by molar-refractivity contribution is 6.99. The zero-order valence-electron chi connectivity index (χ0n) is 8.44. The Bertz CT molecular complexity index is 526. The molecule has 0 unspecified atom stereocenters. The molecule has 0 N–H and O–H groups in total. The van der Waals surface area contributed by atoms with E-state index in [2.05, 4.69) is 20.9 Å². The Morgan fingerprint density at radius 2 is 2.06 bits per heavy atom. The Labute approximate surface area is 102 Å². The molecule has 0 atom stereocenters. The predicted molar refractivity (Wildman–Crippen MR) is 63.5 cm³/mol. The van der Waals surface area contributed by atoms with Gasteiger partial charge in [-0.15, -0.1) is 4.37 Å². The van der Waals surface area contributed by atoms with Gasteiger partial charge in [0.25, 0.3) is 5.88 Å². The van der Waals surface area contributed by atoms with Crippen molar-refractivity contribution in [3.63, 3.8) is 0 Å². The van der Waals surface area contributed by atoms with Gasteiger partial charge in [0.2, 0.25) is 5.15 Å². The number of nitrogens with zero attached hydrogens (tertiary/aromatic N) is 2. The van der Waals surface area contributed by atoms with E-state index in [4.69, 9.17) is 16.3 Å². The van der Waals surface area contributed by atoms with E-state index < -0.39 is 0 Å². The number of ether oxygens (including phenoxy) is 1. The normalized spacial score (nSPS) is 13.8. The van der Waals surface area contributed by atoms with Crippen molar-refractivity contribution in [2.45, 2.75) is 19.3 Å². The molecule has 82 valence electrons. The van der Waals surface area contributed by atoms with Crippen LogP contribution < -0.4 is 4.74 Å². The minimum absolute atomic E-state index is 0.325. The van der Waals surface area contributed by atoms with E-state index in [1.165, 1.54) is 24.0 Å². The van der Waals surface area contributed by atoms with Gasteiger partial charge in [0.15, 0.2) is 0 Å². The number of hydrogen-bond donors (Lipinski definition) is 0. The highest BCUT2D eigenvalue weighted by Gasteiger charge is 2.13. The van der Waals surface area contributed by atoms with Crippen molar-refractivity contribution in [1.29, 1.82) is 0 Å². The molecule has 1 aliphatic carbocycles. The smallest absolute Gasteiger partial charge is 0.270 e. The average Bonchev–Trinajstić information content (AvgIpc) is 2.88. The zero-order valence-corrected chi connectivity index (χ0v) is 10.0. The van der Waals surface area contributed by atoms with Gasteiger partial charge in [-0.3, -0.25) is 0 Å². The molecular weight excluding hydrogens is 244 g/mol. The van der Waals surface area contributed by atoms with Gasteiger partial charge < -0.3 is 4.74 Å². The molecule has 0 amide bonds. The SMILES string of the molecule is Clc1nsnc1Oc1ccc2c(c1)CCC2. The largest absolute Gasteiger partial charge is 0.436 e. The van der Waals surface area contributed by atoms with Crippen LogP contribution in [0.15, 0.2) is 18.2 Å². The highest BCUT2D eigenvalue weighted by atomic mass is 35.5. The third-order valence-corrected chi connectivity index (χ3v) is 3.56. The molecule has 0 radical (unpaired) electrons. The summed E-state index contributed by atoms with van der Waals surface area (Å²) in [5, 5.41) is 0.325. The van der Waals surface area contributed by atoms with Crippen molar-refractivity contribution in [3.05, 3.63) is 34.5 Å². The first kappa shape index (κ1) is 10.1. The fourth-order valence-corrected chi connectivity index (χ4v) is 2.57. The Balaban J connectivity index is 1.88. The molecule has 1 aromatic heterocycles. The predicted octanol–water partition coefficient (Wildman–Crippen LogP) is 3.47. The molecule has 2 aromatic rings. The van der Waals surface area contributed by atoms with E-state index in [9.17, 15) is 0 Å². The summed E-state index contributed by atoms with van der Waals surface area (Å²) in [4.78, 5) is 0. The quantitative estimate of drug-likeness (QED) is 0.821. The molecule has 1 heterocycles. The van der Waals surface area contributed by atoms with Crippen LogP contribution in [0.5, 0.6) is 11.6 Å². The maximum Gasteiger partial charge on any atom is 0.270 e. The fourth-order valence-electron chi connectivity index (χ4n) is 1.95. The van der Waals surface area contributed by atoms with Crippen LogP contribution in [-0.2, 0) is 12.8 Å². The topological polar surface area (TPSA) is 35.0 Å². The van der Waals surface area contributed by atoms with Crippen molar-refractivity contribution >= 4 is 23.3 Å². The lowest BCUT2D eigenvalue weighted by Gasteiger charge is -2.04. The van der Waals surface area contributed by atoms with Crippen LogP contribution in [0.1, 0.15) is 17.5 Å². The maximum atomic E-state index is 5.82. The fraction of sp³-hybridized carbons (Fsp3) is 0.273. The zero-order chi connectivity index (χ0) is 11.0. The van der Waals surface area contributed by atoms with Gasteiger partial charge in [-0.25, -0.2) is 0 Å². The molecule has 1 aromatic carbocycles. The van der Waals surface area contributed by atoms with E-state index in [-0.39, 0.29) is 0 Å². The second-order valence-electron chi connectivity index (χ2n) is 3.75. The maximum absolute atomic E-state index is 5.82. The lowest BCUT2D eigenvalue weighted by Crippen LogP contribution is -1.88. The van der Waals surface area contributed by atoms with Crippen molar-refractivity contribution in [1.82, 2.24) is 8.75 Å². The molecule has 0 saturated carbocycles. The Morgan fingerprint density at radius 1 is 1.19 bits per heavy atom. The van der Waals surface area contributed by atoms with Crippen molar-refractivity contribution in [2.24, 2.45) is 0 Å². The standard InChI is InChI=1S/C11H9ClN2OS/c12-10-11(14-16-13-10)15-9-5-4-7-2-1-3-8(7)6-9/h4-6H,1-3H2. The second kappa shape index (κ2) is 4.03. The Hall–Kier alpha value is -1.13. The summed E-state index contributed by atoms with van der Waals surface area (Å²) in [6.45, 7) is 0. The summed E-state index contributed by atoms with van der Waals surface area (Å²) in [5.41, 5.74) is 2.80. The number of fused-ring (bicyclic) bond motifs is 1. The van der Waals surface area contributed by atoms with E-state index in [0.29, 0.717) is 11.0 Å². The summed E-state index contributed by atoms with van der Waals surface area (Å²) >= 11 is 6.87. The molecule has 0 saturated heterocycles. The van der Waals surface area contributed by atoms with Gasteiger partial charge in [-0.2, -0.15) is 4.37 Å². The third-order valence-electron chi connectivity index (χ3n) is 2.71. The van der Waals surface area contributed by atoms with Crippen LogP contribution in [0.25, 0.3) is 0 Å². The van der Waals surface area contributed by atoms with Crippen molar-refractivity contribution in [2.75, 3.05) is 0 Å². The monoisotopic (exact) mass is 252 g/mol. The van der Waals surface area contributed by atoms with E-state index in [1.54, 1.807) is 0 Å². The summed E-state index contributed by atoms with van der Waals surface area (Å²) in [6.07, 6.45) is 3.54. The Kier molecular flexibility index (Phi) is 2.53. The highest BCUT2D eigenvalue weighted by Crippen LogP contribution is 2.30. The van der Waals surface area contributed by atoms with E-state index >= 15 is 0 Å². The molecule has 0 aliphatic heterocycles. The molecule has 0 fully saturated rings. The van der Waals surface area contributed by atoms with Crippen LogP contribution in [0.3, 0.4) is 0 Å². The summed E-state index contributed by atoms with van der Waals surface area (Å²) in [7, 11) is 0. The van der Waals surface area contributed by atoms with Gasteiger partial charge in [0, 0.05) is 0 Å². The molecule has 3 rings (SSSR count). The van der Waals surface area contributed by atoms with Crippen LogP contribution in [0.2, 0.25) is 5.15 Å². The van der Waals surface area contributed by atoms with Crippen LogP contribution in [0, 0.1) is 0 Å². The second-order valence-corrected chi connectivity index (χ2v) is 4.63. The lowest BCUT2D eigenvalue weighted by atomic mass is 10.1. The summed E-state index contributed by atoms with van der Waals surface area (Å²) in [5.74, 6) is 1.18. The van der Waals surface area contributed by atoms with Crippen molar-refractivity contribution in [3.8, 4) is 11.6 Å². The van der Waals surface area contributed by atoms with Gasteiger partial charge in [-0.05, 0) is 42.5 Å². The molecule has 0 spiro atoms. The number of benzene rings is 1. The third kappa shape index (κ3) is 1.79. The van der Waals surface area contributed by atoms with Gasteiger partial charge in [0.05, 0.1) is 11.7 Å². The molecular formula is C11H9ClN2OS. The van der Waals surface area contributed by atoms with Crippen molar-refractivity contribution < 1.29 is 4.74 Å². The number of aryl methyl sites for hydroxylation is 2. The lowest BCUT2D eigenvalue weighted by molar-refractivity contribution is 0.467. The molecule has 0 bridgehead atoms. The van der Waals surface area contributed by atoms with Crippen LogP contribution in [0.4, 0.5) is 0 Å². The molecule has 5 heteroatoms. The first-order valence-corrected chi connectivity index (χ1v) is 6.21. The molecule has 16 heavy (non-hydrogen) atoms. The number of halogens is 1. The minimum Gasteiger partial charge on any atom is -0.436 e. The van der Waals surface area contributed by atoms with Crippen LogP contribution in [-0.4, -0.2) is 8.75 Å². The molecule has 3 nitrogen and oxygen atoms in total. The summed E-state index contributed by atoms with van der Waals surface area (Å²) < 4.78 is 13.4. The van der Waals surface area contributed by atoms with E-state index in [0.717, 1.165) is 23.9 Å². The first-order valence-electron chi connectivity index (χ1n) is 5.10. The number of rotatable bonds is 2. The summed E-state index contributed by atoms with van der Waals surface area (Å²) in [6, 6.07) is 6.14. The minimum atomic E-state index is 0.325. The van der Waals surface area contributed by atoms with Gasteiger partial charge in [0.1, 0.15) is 5.75 Å². The average molecular weight is 253 g/mol. The Morgan fingerprint density at radius 3 is 2.88 bits per heavy atom. The molecule has 1 aliphatic rings. The van der Waals surface area contributed by atoms with Crippen LogP contribution >= 0.6 is 23.3 Å². The number of hydrogen-bond acceptors (Lipinski definition) is 4. The first-order chi connectivity index (χ1) is 7.83.